The normalized spacial score (nSPS) is 12.9. The Kier molecular flexibility index (Phi) is 6.88. The van der Waals surface area contributed by atoms with E-state index in [0.29, 0.717) is 25.3 Å². The van der Waals surface area contributed by atoms with Crippen molar-refractivity contribution in [3.05, 3.63) is 74.7 Å². The molecular formula is C21H25ClN4OS. The molecule has 3 heterocycles. The van der Waals surface area contributed by atoms with Gasteiger partial charge in [-0.25, -0.2) is 0 Å². The second-order valence-electron chi connectivity index (χ2n) is 6.93. The van der Waals surface area contributed by atoms with E-state index in [4.69, 9.17) is 0 Å². The van der Waals surface area contributed by atoms with Crippen LogP contribution in [0, 0.1) is 6.92 Å². The summed E-state index contributed by atoms with van der Waals surface area (Å²) in [6, 6.07) is 14.5. The molecule has 1 aliphatic heterocycles. The van der Waals surface area contributed by atoms with Gasteiger partial charge in [-0.15, -0.1) is 23.7 Å². The first-order valence-corrected chi connectivity index (χ1v) is 10.2. The summed E-state index contributed by atoms with van der Waals surface area (Å²) in [5.41, 5.74) is 3.92. The topological polar surface area (TPSA) is 61.0 Å². The SMILES string of the molecule is Cc1ccc(CN(CCc2ccccc2)C(=O)c2n[nH]c3c2CNCC3)s1.Cl. The molecule has 0 fully saturated rings. The van der Waals surface area contributed by atoms with Gasteiger partial charge in [0.05, 0.1) is 6.54 Å². The Labute approximate surface area is 175 Å². The zero-order valence-electron chi connectivity index (χ0n) is 15.9. The second kappa shape index (κ2) is 9.37. The summed E-state index contributed by atoms with van der Waals surface area (Å²) < 4.78 is 0. The quantitative estimate of drug-likeness (QED) is 0.643. The molecule has 2 N–H and O–H groups in total. The van der Waals surface area contributed by atoms with Gasteiger partial charge in [-0.3, -0.25) is 9.89 Å². The molecule has 0 saturated heterocycles. The van der Waals surface area contributed by atoms with Gasteiger partial charge in [0.2, 0.25) is 0 Å². The van der Waals surface area contributed by atoms with Gasteiger partial charge in [-0.1, -0.05) is 30.3 Å². The average molecular weight is 417 g/mol. The number of amides is 1. The molecule has 0 spiro atoms. The molecule has 3 aromatic rings. The third-order valence-electron chi connectivity index (χ3n) is 4.95. The standard InChI is InChI=1S/C21H24N4OS.ClH/c1-15-7-8-17(27-15)14-25(12-10-16-5-3-2-4-6-16)21(26)20-18-13-22-11-9-19(18)23-24-20;/h2-8,22H,9-14H2,1H3,(H,23,24);1H. The number of nitrogens with zero attached hydrogens (tertiary/aromatic N) is 2. The largest absolute Gasteiger partial charge is 0.332 e. The first kappa shape index (κ1) is 20.6. The number of benzene rings is 1. The van der Waals surface area contributed by atoms with Crippen molar-refractivity contribution in [3.8, 4) is 0 Å². The Hall–Kier alpha value is -2.15. The lowest BCUT2D eigenvalue weighted by atomic mass is 10.1. The molecule has 4 rings (SSSR count). The third-order valence-corrected chi connectivity index (χ3v) is 5.94. The molecule has 1 aromatic carbocycles. The monoisotopic (exact) mass is 416 g/mol. The highest BCUT2D eigenvalue weighted by atomic mass is 35.5. The van der Waals surface area contributed by atoms with Gasteiger partial charge in [0.25, 0.3) is 5.91 Å². The lowest BCUT2D eigenvalue weighted by Crippen LogP contribution is -2.34. The van der Waals surface area contributed by atoms with Crippen molar-refractivity contribution in [2.24, 2.45) is 0 Å². The predicted molar refractivity (Wildman–Crippen MR) is 115 cm³/mol. The Morgan fingerprint density at radius 2 is 2.04 bits per heavy atom. The van der Waals surface area contributed by atoms with Crippen LogP contribution in [0.25, 0.3) is 0 Å². The molecule has 1 aliphatic rings. The fourth-order valence-electron chi connectivity index (χ4n) is 3.47. The number of carbonyl (C=O) groups excluding carboxylic acids is 1. The first-order valence-electron chi connectivity index (χ1n) is 9.36. The number of aromatic nitrogens is 2. The molecule has 0 atom stereocenters. The van der Waals surface area contributed by atoms with Gasteiger partial charge < -0.3 is 10.2 Å². The van der Waals surface area contributed by atoms with Crippen molar-refractivity contribution < 1.29 is 4.79 Å². The van der Waals surface area contributed by atoms with E-state index in [0.717, 1.165) is 30.6 Å². The molecule has 2 aromatic heterocycles. The van der Waals surface area contributed by atoms with E-state index in [1.807, 2.05) is 23.1 Å². The number of rotatable bonds is 6. The van der Waals surface area contributed by atoms with Gasteiger partial charge >= 0.3 is 0 Å². The van der Waals surface area contributed by atoms with E-state index in [-0.39, 0.29) is 18.3 Å². The Morgan fingerprint density at radius 3 is 2.79 bits per heavy atom. The number of hydrogen-bond acceptors (Lipinski definition) is 4. The molecular weight excluding hydrogens is 392 g/mol. The van der Waals surface area contributed by atoms with Gasteiger partial charge in [-0.05, 0) is 31.0 Å². The van der Waals surface area contributed by atoms with Crippen molar-refractivity contribution in [2.75, 3.05) is 13.1 Å². The van der Waals surface area contributed by atoms with Crippen molar-refractivity contribution >= 4 is 29.7 Å². The van der Waals surface area contributed by atoms with E-state index in [1.165, 1.54) is 15.3 Å². The number of fused-ring (bicyclic) bond motifs is 1. The maximum atomic E-state index is 13.3. The number of halogens is 1. The number of hydrogen-bond donors (Lipinski definition) is 2. The van der Waals surface area contributed by atoms with Crippen LogP contribution in [0.5, 0.6) is 0 Å². The summed E-state index contributed by atoms with van der Waals surface area (Å²) in [6.45, 7) is 5.03. The summed E-state index contributed by atoms with van der Waals surface area (Å²) >= 11 is 1.75. The number of aromatic amines is 1. The molecule has 28 heavy (non-hydrogen) atoms. The van der Waals surface area contributed by atoms with Crippen LogP contribution in [-0.2, 0) is 25.9 Å². The third kappa shape index (κ3) is 4.63. The summed E-state index contributed by atoms with van der Waals surface area (Å²) in [5, 5.41) is 10.8. The summed E-state index contributed by atoms with van der Waals surface area (Å²) in [6.07, 6.45) is 1.73. The summed E-state index contributed by atoms with van der Waals surface area (Å²) in [4.78, 5) is 17.7. The number of nitrogens with one attached hydrogen (secondary N) is 2. The van der Waals surface area contributed by atoms with Crippen LogP contribution in [-0.4, -0.2) is 34.1 Å². The van der Waals surface area contributed by atoms with Gasteiger partial charge in [0, 0.05) is 47.1 Å². The average Bonchev–Trinajstić information content (AvgIpc) is 3.31. The van der Waals surface area contributed by atoms with Crippen molar-refractivity contribution in [3.63, 3.8) is 0 Å². The molecule has 0 radical (unpaired) electrons. The fraction of sp³-hybridized carbons (Fsp3) is 0.333. The Bertz CT molecular complexity index is 922. The number of thiophene rings is 1. The van der Waals surface area contributed by atoms with Gasteiger partial charge in [0.1, 0.15) is 0 Å². The summed E-state index contributed by atoms with van der Waals surface area (Å²) in [7, 11) is 0. The summed E-state index contributed by atoms with van der Waals surface area (Å²) in [5.74, 6) is 0.0122. The van der Waals surface area contributed by atoms with E-state index in [2.05, 4.69) is 46.7 Å². The van der Waals surface area contributed by atoms with Crippen LogP contribution >= 0.6 is 23.7 Å². The minimum absolute atomic E-state index is 0. The minimum atomic E-state index is 0. The Balaban J connectivity index is 0.00000225. The zero-order chi connectivity index (χ0) is 18.6. The van der Waals surface area contributed by atoms with Crippen LogP contribution in [0.2, 0.25) is 0 Å². The lowest BCUT2D eigenvalue weighted by Gasteiger charge is -2.22. The fourth-order valence-corrected chi connectivity index (χ4v) is 4.38. The van der Waals surface area contributed by atoms with Gasteiger partial charge in [-0.2, -0.15) is 5.10 Å². The first-order chi connectivity index (χ1) is 13.2. The highest BCUT2D eigenvalue weighted by Crippen LogP contribution is 2.21. The highest BCUT2D eigenvalue weighted by Gasteiger charge is 2.26. The van der Waals surface area contributed by atoms with Crippen LogP contribution in [0.3, 0.4) is 0 Å². The van der Waals surface area contributed by atoms with E-state index >= 15 is 0 Å². The number of carbonyl (C=O) groups is 1. The highest BCUT2D eigenvalue weighted by molar-refractivity contribution is 7.11. The molecule has 0 aliphatic carbocycles. The number of H-pyrrole nitrogens is 1. The van der Waals surface area contributed by atoms with Gasteiger partial charge in [0.15, 0.2) is 5.69 Å². The minimum Gasteiger partial charge on any atom is -0.332 e. The molecule has 7 heteroatoms. The van der Waals surface area contributed by atoms with E-state index in [1.54, 1.807) is 11.3 Å². The maximum absolute atomic E-state index is 13.3. The van der Waals surface area contributed by atoms with Crippen LogP contribution < -0.4 is 5.32 Å². The molecule has 148 valence electrons. The van der Waals surface area contributed by atoms with Crippen molar-refractivity contribution in [1.82, 2.24) is 20.4 Å². The maximum Gasteiger partial charge on any atom is 0.275 e. The number of aryl methyl sites for hydroxylation is 1. The molecule has 5 nitrogen and oxygen atoms in total. The molecule has 0 saturated carbocycles. The molecule has 0 bridgehead atoms. The van der Waals surface area contributed by atoms with E-state index < -0.39 is 0 Å². The second-order valence-corrected chi connectivity index (χ2v) is 8.30. The lowest BCUT2D eigenvalue weighted by molar-refractivity contribution is 0.0739. The zero-order valence-corrected chi connectivity index (χ0v) is 17.5. The van der Waals surface area contributed by atoms with Crippen molar-refractivity contribution in [1.29, 1.82) is 0 Å². The smallest absolute Gasteiger partial charge is 0.275 e. The van der Waals surface area contributed by atoms with E-state index in [9.17, 15) is 4.79 Å². The van der Waals surface area contributed by atoms with Crippen molar-refractivity contribution in [2.45, 2.75) is 32.9 Å². The van der Waals surface area contributed by atoms with Crippen LogP contribution in [0.4, 0.5) is 0 Å². The van der Waals surface area contributed by atoms with Crippen LogP contribution in [0.15, 0.2) is 42.5 Å². The van der Waals surface area contributed by atoms with Crippen LogP contribution in [0.1, 0.15) is 37.1 Å². The predicted octanol–water partition coefficient (Wildman–Crippen LogP) is 3.73. The molecule has 1 amide bonds. The molecule has 0 unspecified atom stereocenters. The Morgan fingerprint density at radius 1 is 1.21 bits per heavy atom.